The topological polar surface area (TPSA) is 24.9 Å². The Hall–Kier alpha value is -1.67. The fraction of sp³-hybridized carbons (Fsp3) is 0.312. The van der Waals surface area contributed by atoms with Crippen LogP contribution < -0.4 is 5.32 Å². The van der Waals surface area contributed by atoms with E-state index < -0.39 is 0 Å². The van der Waals surface area contributed by atoms with Crippen LogP contribution in [-0.2, 0) is 6.42 Å². The average molecular weight is 240 g/mol. The molecule has 0 saturated carbocycles. The van der Waals surface area contributed by atoms with Crippen molar-refractivity contribution in [1.82, 2.24) is 10.3 Å². The predicted molar refractivity (Wildman–Crippen MR) is 75.5 cm³/mol. The third-order valence-electron chi connectivity index (χ3n) is 3.18. The molecule has 2 nitrogen and oxygen atoms in total. The standard InChI is InChI=1S/C16H20N2/c1-13-7-6-10-16(18-13)15(17-2)12-11-14-8-4-3-5-9-14/h3-10,15,17H,11-12H2,1-2H3. The Morgan fingerprint density at radius 3 is 2.50 bits per heavy atom. The number of hydrogen-bond donors (Lipinski definition) is 1. The lowest BCUT2D eigenvalue weighted by molar-refractivity contribution is 0.535. The Labute approximate surface area is 109 Å². The molecule has 1 aromatic carbocycles. The van der Waals surface area contributed by atoms with Gasteiger partial charge in [-0.15, -0.1) is 0 Å². The van der Waals surface area contributed by atoms with E-state index in [-0.39, 0.29) is 0 Å². The SMILES string of the molecule is CNC(CCc1ccccc1)c1cccc(C)n1. The van der Waals surface area contributed by atoms with E-state index >= 15 is 0 Å². The number of nitrogens with one attached hydrogen (secondary N) is 1. The molecule has 1 atom stereocenters. The van der Waals surface area contributed by atoms with Crippen LogP contribution in [-0.4, -0.2) is 12.0 Å². The van der Waals surface area contributed by atoms with E-state index in [2.05, 4.69) is 52.8 Å². The van der Waals surface area contributed by atoms with Gasteiger partial charge in [0.2, 0.25) is 0 Å². The molecule has 0 aliphatic rings. The fourth-order valence-corrected chi connectivity index (χ4v) is 2.15. The van der Waals surface area contributed by atoms with Gasteiger partial charge in [0.15, 0.2) is 0 Å². The van der Waals surface area contributed by atoms with Crippen LogP contribution in [0.5, 0.6) is 0 Å². The van der Waals surface area contributed by atoms with Crippen molar-refractivity contribution >= 4 is 0 Å². The molecule has 0 aliphatic heterocycles. The second-order valence-corrected chi connectivity index (χ2v) is 4.57. The van der Waals surface area contributed by atoms with E-state index in [1.807, 2.05) is 20.0 Å². The summed E-state index contributed by atoms with van der Waals surface area (Å²) in [5.74, 6) is 0. The first-order valence-corrected chi connectivity index (χ1v) is 6.44. The number of hydrogen-bond acceptors (Lipinski definition) is 2. The maximum Gasteiger partial charge on any atom is 0.0576 e. The number of pyridine rings is 1. The van der Waals surface area contributed by atoms with Gasteiger partial charge in [0.05, 0.1) is 5.69 Å². The zero-order chi connectivity index (χ0) is 12.8. The van der Waals surface area contributed by atoms with Gasteiger partial charge in [0.25, 0.3) is 0 Å². The molecule has 0 saturated heterocycles. The van der Waals surface area contributed by atoms with Crippen LogP contribution in [0, 0.1) is 6.92 Å². The lowest BCUT2D eigenvalue weighted by Gasteiger charge is -2.16. The molecule has 2 aromatic rings. The van der Waals surface area contributed by atoms with Gasteiger partial charge in [-0.3, -0.25) is 4.98 Å². The van der Waals surface area contributed by atoms with Crippen LogP contribution in [0.4, 0.5) is 0 Å². The third kappa shape index (κ3) is 3.41. The number of rotatable bonds is 5. The maximum atomic E-state index is 4.59. The number of aryl methyl sites for hydroxylation is 2. The van der Waals surface area contributed by atoms with E-state index in [1.165, 1.54) is 5.56 Å². The molecule has 0 fully saturated rings. The molecule has 1 unspecified atom stereocenters. The van der Waals surface area contributed by atoms with Crippen LogP contribution in [0.1, 0.15) is 29.4 Å². The molecule has 0 radical (unpaired) electrons. The highest BCUT2D eigenvalue weighted by Gasteiger charge is 2.10. The zero-order valence-corrected chi connectivity index (χ0v) is 11.1. The molecule has 0 amide bonds. The van der Waals surface area contributed by atoms with Crippen LogP contribution in [0.3, 0.4) is 0 Å². The summed E-state index contributed by atoms with van der Waals surface area (Å²) in [4.78, 5) is 4.59. The van der Waals surface area contributed by atoms with Gasteiger partial charge >= 0.3 is 0 Å². The molecule has 2 heteroatoms. The van der Waals surface area contributed by atoms with E-state index in [0.717, 1.165) is 24.2 Å². The average Bonchev–Trinajstić information content (AvgIpc) is 2.41. The smallest absolute Gasteiger partial charge is 0.0576 e. The third-order valence-corrected chi connectivity index (χ3v) is 3.18. The van der Waals surface area contributed by atoms with Gasteiger partial charge in [0, 0.05) is 11.7 Å². The first-order chi connectivity index (χ1) is 8.79. The first-order valence-electron chi connectivity index (χ1n) is 6.44. The summed E-state index contributed by atoms with van der Waals surface area (Å²) in [7, 11) is 2.00. The Kier molecular flexibility index (Phi) is 4.48. The number of benzene rings is 1. The summed E-state index contributed by atoms with van der Waals surface area (Å²) in [5, 5.41) is 3.35. The van der Waals surface area contributed by atoms with Gasteiger partial charge in [-0.1, -0.05) is 36.4 Å². The van der Waals surface area contributed by atoms with Gasteiger partial charge in [-0.05, 0) is 44.5 Å². The molecule has 0 bridgehead atoms. The summed E-state index contributed by atoms with van der Waals surface area (Å²) in [6.07, 6.45) is 2.14. The van der Waals surface area contributed by atoms with E-state index in [0.29, 0.717) is 6.04 Å². The summed E-state index contributed by atoms with van der Waals surface area (Å²) >= 11 is 0. The van der Waals surface area contributed by atoms with E-state index in [4.69, 9.17) is 0 Å². The van der Waals surface area contributed by atoms with Crippen molar-refractivity contribution in [3.63, 3.8) is 0 Å². The summed E-state index contributed by atoms with van der Waals surface area (Å²) in [6.45, 7) is 2.04. The second kappa shape index (κ2) is 6.31. The Morgan fingerprint density at radius 1 is 1.06 bits per heavy atom. The Bertz CT molecular complexity index is 479. The van der Waals surface area contributed by atoms with Gasteiger partial charge in [-0.25, -0.2) is 0 Å². The maximum absolute atomic E-state index is 4.59. The molecular weight excluding hydrogens is 220 g/mol. The summed E-state index contributed by atoms with van der Waals surface area (Å²) in [5.41, 5.74) is 3.59. The minimum absolute atomic E-state index is 0.324. The molecule has 2 rings (SSSR count). The highest BCUT2D eigenvalue weighted by Crippen LogP contribution is 2.17. The molecule has 94 valence electrons. The zero-order valence-electron chi connectivity index (χ0n) is 11.1. The van der Waals surface area contributed by atoms with E-state index in [1.54, 1.807) is 0 Å². The molecule has 1 aromatic heterocycles. The largest absolute Gasteiger partial charge is 0.312 e. The molecule has 1 heterocycles. The van der Waals surface area contributed by atoms with Gasteiger partial charge < -0.3 is 5.32 Å². The fourth-order valence-electron chi connectivity index (χ4n) is 2.15. The highest BCUT2D eigenvalue weighted by atomic mass is 14.9. The van der Waals surface area contributed by atoms with Crippen LogP contribution in [0.15, 0.2) is 48.5 Å². The number of nitrogens with zero attached hydrogens (tertiary/aromatic N) is 1. The van der Waals surface area contributed by atoms with Crippen LogP contribution in [0.2, 0.25) is 0 Å². The molecule has 1 N–H and O–H groups in total. The van der Waals surface area contributed by atoms with E-state index in [9.17, 15) is 0 Å². The predicted octanol–water partition coefficient (Wildman–Crippen LogP) is 3.28. The minimum Gasteiger partial charge on any atom is -0.312 e. The normalized spacial score (nSPS) is 12.3. The van der Waals surface area contributed by atoms with Gasteiger partial charge in [-0.2, -0.15) is 0 Å². The molecule has 0 spiro atoms. The van der Waals surface area contributed by atoms with Crippen molar-refractivity contribution in [2.75, 3.05) is 7.05 Å². The van der Waals surface area contributed by atoms with Crippen molar-refractivity contribution in [3.8, 4) is 0 Å². The molecule has 0 aliphatic carbocycles. The summed E-state index contributed by atoms with van der Waals surface area (Å²) in [6, 6.07) is 17.1. The highest BCUT2D eigenvalue weighted by molar-refractivity contribution is 5.17. The van der Waals surface area contributed by atoms with Crippen molar-refractivity contribution in [1.29, 1.82) is 0 Å². The van der Waals surface area contributed by atoms with Crippen LogP contribution >= 0.6 is 0 Å². The monoisotopic (exact) mass is 240 g/mol. The van der Waals surface area contributed by atoms with Crippen molar-refractivity contribution in [2.45, 2.75) is 25.8 Å². The molecule has 18 heavy (non-hydrogen) atoms. The summed E-state index contributed by atoms with van der Waals surface area (Å²) < 4.78 is 0. The Balaban J connectivity index is 2.02. The first kappa shape index (κ1) is 12.8. The van der Waals surface area contributed by atoms with Crippen molar-refractivity contribution in [2.24, 2.45) is 0 Å². The molecular formula is C16H20N2. The lowest BCUT2D eigenvalue weighted by Crippen LogP contribution is -2.18. The van der Waals surface area contributed by atoms with Crippen molar-refractivity contribution in [3.05, 3.63) is 65.5 Å². The Morgan fingerprint density at radius 2 is 1.83 bits per heavy atom. The lowest BCUT2D eigenvalue weighted by atomic mass is 10.0. The quantitative estimate of drug-likeness (QED) is 0.867. The van der Waals surface area contributed by atoms with Crippen molar-refractivity contribution < 1.29 is 0 Å². The number of aromatic nitrogens is 1. The van der Waals surface area contributed by atoms with Gasteiger partial charge in [0.1, 0.15) is 0 Å². The minimum atomic E-state index is 0.324. The second-order valence-electron chi connectivity index (χ2n) is 4.57. The van der Waals surface area contributed by atoms with Crippen LogP contribution in [0.25, 0.3) is 0 Å².